The topological polar surface area (TPSA) is 75.3 Å². The minimum atomic E-state index is -3.53. The van der Waals surface area contributed by atoms with Crippen LogP contribution in [0.2, 0.25) is 0 Å². The minimum absolute atomic E-state index is 0.104. The van der Waals surface area contributed by atoms with Crippen molar-refractivity contribution in [2.45, 2.75) is 19.4 Å². The number of carbonyl (C=O) groups excluding carboxylic acids is 1. The Labute approximate surface area is 141 Å². The number of anilines is 1. The highest BCUT2D eigenvalue weighted by molar-refractivity contribution is 7.88. The van der Waals surface area contributed by atoms with Gasteiger partial charge in [-0.25, -0.2) is 17.5 Å². The Hall–Kier alpha value is -2.25. The van der Waals surface area contributed by atoms with E-state index in [-0.39, 0.29) is 12.3 Å². The van der Waals surface area contributed by atoms with Gasteiger partial charge in [0.15, 0.2) is 0 Å². The summed E-state index contributed by atoms with van der Waals surface area (Å²) in [6.45, 7) is 1.86. The maximum absolute atomic E-state index is 13.1. The fraction of sp³-hybridized carbons (Fsp3) is 0.235. The predicted molar refractivity (Wildman–Crippen MR) is 91.5 cm³/mol. The number of rotatable bonds is 6. The number of nitrogens with one attached hydrogen (secondary N) is 2. The molecule has 24 heavy (non-hydrogen) atoms. The third-order valence-electron chi connectivity index (χ3n) is 3.44. The quantitative estimate of drug-likeness (QED) is 0.841. The molecular formula is C17H19FN2O3S. The molecule has 2 aromatic carbocycles. The van der Waals surface area contributed by atoms with E-state index in [1.807, 2.05) is 19.1 Å². The van der Waals surface area contributed by atoms with Gasteiger partial charge in [0.05, 0.1) is 12.3 Å². The summed E-state index contributed by atoms with van der Waals surface area (Å²) in [4.78, 5) is 12.3. The Morgan fingerprint density at radius 2 is 1.75 bits per heavy atom. The molecule has 0 heterocycles. The molecule has 128 valence electrons. The highest BCUT2D eigenvalue weighted by atomic mass is 32.2. The molecule has 1 amide bonds. The number of benzene rings is 2. The molecule has 0 fully saturated rings. The van der Waals surface area contributed by atoms with Gasteiger partial charge in [0.1, 0.15) is 5.82 Å². The second-order valence-electron chi connectivity index (χ2n) is 5.56. The van der Waals surface area contributed by atoms with Crippen LogP contribution < -0.4 is 10.0 Å². The molecule has 0 saturated carbocycles. The van der Waals surface area contributed by atoms with Crippen molar-refractivity contribution in [2.75, 3.05) is 11.6 Å². The van der Waals surface area contributed by atoms with Gasteiger partial charge >= 0.3 is 0 Å². The molecule has 7 heteroatoms. The SMILES string of the molecule is Cc1ccccc1NC(=O)CC(NS(C)(=O)=O)c1ccc(F)cc1. The second kappa shape index (κ2) is 7.55. The van der Waals surface area contributed by atoms with Gasteiger partial charge < -0.3 is 5.32 Å². The molecule has 5 nitrogen and oxygen atoms in total. The van der Waals surface area contributed by atoms with E-state index in [2.05, 4.69) is 10.0 Å². The number of halogens is 1. The van der Waals surface area contributed by atoms with Crippen LogP contribution in [0, 0.1) is 12.7 Å². The number of hydrogen-bond donors (Lipinski definition) is 2. The third kappa shape index (κ3) is 5.43. The van der Waals surface area contributed by atoms with E-state index < -0.39 is 21.9 Å². The Morgan fingerprint density at radius 1 is 1.12 bits per heavy atom. The van der Waals surface area contributed by atoms with E-state index in [1.165, 1.54) is 24.3 Å². The first-order chi connectivity index (χ1) is 11.2. The Bertz CT molecular complexity index is 820. The first kappa shape index (κ1) is 18.1. The van der Waals surface area contributed by atoms with E-state index in [0.29, 0.717) is 11.3 Å². The smallest absolute Gasteiger partial charge is 0.226 e. The van der Waals surface area contributed by atoms with Crippen molar-refractivity contribution in [3.8, 4) is 0 Å². The molecule has 2 rings (SSSR count). The summed E-state index contributed by atoms with van der Waals surface area (Å²) >= 11 is 0. The van der Waals surface area contributed by atoms with Crippen LogP contribution in [0.4, 0.5) is 10.1 Å². The fourth-order valence-corrected chi connectivity index (χ4v) is 3.02. The van der Waals surface area contributed by atoms with Crippen molar-refractivity contribution >= 4 is 21.6 Å². The highest BCUT2D eigenvalue weighted by Crippen LogP contribution is 2.20. The molecule has 2 aromatic rings. The molecule has 0 spiro atoms. The second-order valence-corrected chi connectivity index (χ2v) is 7.34. The lowest BCUT2D eigenvalue weighted by Gasteiger charge is -2.18. The molecule has 0 aromatic heterocycles. The fourth-order valence-electron chi connectivity index (χ4n) is 2.28. The zero-order chi connectivity index (χ0) is 17.7. The standard InChI is InChI=1S/C17H19FN2O3S/c1-12-5-3-4-6-15(12)19-17(21)11-16(20-24(2,22)23)13-7-9-14(18)10-8-13/h3-10,16,20H,11H2,1-2H3,(H,19,21). The van der Waals surface area contributed by atoms with Crippen molar-refractivity contribution in [1.29, 1.82) is 0 Å². The first-order valence-corrected chi connectivity index (χ1v) is 9.22. The molecular weight excluding hydrogens is 331 g/mol. The zero-order valence-corrected chi connectivity index (χ0v) is 14.2. The Balaban J connectivity index is 2.17. The van der Waals surface area contributed by atoms with Crippen molar-refractivity contribution < 1.29 is 17.6 Å². The van der Waals surface area contributed by atoms with Crippen LogP contribution in [-0.2, 0) is 14.8 Å². The summed E-state index contributed by atoms with van der Waals surface area (Å²) in [6.07, 6.45) is 0.913. The molecule has 0 bridgehead atoms. The van der Waals surface area contributed by atoms with Gasteiger partial charge in [-0.1, -0.05) is 30.3 Å². The molecule has 0 saturated heterocycles. The third-order valence-corrected chi connectivity index (χ3v) is 4.15. The zero-order valence-electron chi connectivity index (χ0n) is 13.4. The van der Waals surface area contributed by atoms with Gasteiger partial charge in [-0.2, -0.15) is 0 Å². The average molecular weight is 350 g/mol. The largest absolute Gasteiger partial charge is 0.326 e. The van der Waals surface area contributed by atoms with Gasteiger partial charge in [-0.05, 0) is 36.2 Å². The van der Waals surface area contributed by atoms with Gasteiger partial charge in [-0.15, -0.1) is 0 Å². The Kier molecular flexibility index (Phi) is 5.69. The molecule has 0 aliphatic rings. The maximum atomic E-state index is 13.1. The number of hydrogen-bond acceptors (Lipinski definition) is 3. The normalized spacial score (nSPS) is 12.6. The van der Waals surface area contributed by atoms with Crippen LogP contribution in [0.25, 0.3) is 0 Å². The van der Waals surface area contributed by atoms with Crippen LogP contribution in [0.3, 0.4) is 0 Å². The average Bonchev–Trinajstić information content (AvgIpc) is 2.48. The molecule has 0 aliphatic carbocycles. The van der Waals surface area contributed by atoms with Gasteiger partial charge in [0.2, 0.25) is 15.9 Å². The summed E-state index contributed by atoms with van der Waals surface area (Å²) in [5.41, 5.74) is 2.08. The summed E-state index contributed by atoms with van der Waals surface area (Å²) in [5.74, 6) is -0.768. The van der Waals surface area contributed by atoms with E-state index in [4.69, 9.17) is 0 Å². The number of amides is 1. The van der Waals surface area contributed by atoms with Crippen LogP contribution in [-0.4, -0.2) is 20.6 Å². The van der Waals surface area contributed by atoms with Crippen molar-refractivity contribution in [3.63, 3.8) is 0 Å². The van der Waals surface area contributed by atoms with E-state index >= 15 is 0 Å². The maximum Gasteiger partial charge on any atom is 0.226 e. The molecule has 2 N–H and O–H groups in total. The van der Waals surface area contributed by atoms with E-state index in [9.17, 15) is 17.6 Å². The number of carbonyl (C=O) groups is 1. The summed E-state index contributed by atoms with van der Waals surface area (Å²) < 4.78 is 38.6. The van der Waals surface area contributed by atoms with Crippen LogP contribution in [0.15, 0.2) is 48.5 Å². The molecule has 0 radical (unpaired) electrons. The summed E-state index contributed by atoms with van der Waals surface area (Å²) in [7, 11) is -3.53. The van der Waals surface area contributed by atoms with Crippen molar-refractivity contribution in [3.05, 3.63) is 65.5 Å². The Morgan fingerprint density at radius 3 is 2.33 bits per heavy atom. The van der Waals surface area contributed by atoms with Crippen molar-refractivity contribution in [1.82, 2.24) is 4.72 Å². The van der Waals surface area contributed by atoms with E-state index in [1.54, 1.807) is 12.1 Å². The van der Waals surface area contributed by atoms with Crippen molar-refractivity contribution in [2.24, 2.45) is 0 Å². The van der Waals surface area contributed by atoms with E-state index in [0.717, 1.165) is 11.8 Å². The molecule has 0 aliphatic heterocycles. The van der Waals surface area contributed by atoms with Gasteiger partial charge in [-0.3, -0.25) is 4.79 Å². The number of sulfonamides is 1. The summed E-state index contributed by atoms with van der Waals surface area (Å²) in [6, 6.07) is 11.9. The lowest BCUT2D eigenvalue weighted by atomic mass is 10.0. The number of aryl methyl sites for hydroxylation is 1. The number of para-hydroxylation sites is 1. The van der Waals surface area contributed by atoms with Crippen LogP contribution in [0.1, 0.15) is 23.6 Å². The lowest BCUT2D eigenvalue weighted by Crippen LogP contribution is -2.30. The highest BCUT2D eigenvalue weighted by Gasteiger charge is 2.20. The monoisotopic (exact) mass is 350 g/mol. The molecule has 1 atom stereocenters. The van der Waals surface area contributed by atoms with Crippen LogP contribution >= 0.6 is 0 Å². The van der Waals surface area contributed by atoms with Crippen LogP contribution in [0.5, 0.6) is 0 Å². The lowest BCUT2D eigenvalue weighted by molar-refractivity contribution is -0.116. The minimum Gasteiger partial charge on any atom is -0.326 e. The first-order valence-electron chi connectivity index (χ1n) is 7.33. The predicted octanol–water partition coefficient (Wildman–Crippen LogP) is 2.75. The van der Waals surface area contributed by atoms with Gasteiger partial charge in [0, 0.05) is 12.1 Å². The molecule has 1 unspecified atom stereocenters. The summed E-state index contributed by atoms with van der Waals surface area (Å²) in [5, 5.41) is 2.76. The van der Waals surface area contributed by atoms with Gasteiger partial charge in [0.25, 0.3) is 0 Å².